The highest BCUT2D eigenvalue weighted by atomic mass is 35.5. The van der Waals surface area contributed by atoms with Crippen molar-refractivity contribution in [3.63, 3.8) is 0 Å². The van der Waals surface area contributed by atoms with Gasteiger partial charge in [0.2, 0.25) is 11.8 Å². The third kappa shape index (κ3) is 4.89. The van der Waals surface area contributed by atoms with E-state index in [9.17, 15) is 19.2 Å². The van der Waals surface area contributed by atoms with E-state index < -0.39 is 11.8 Å². The normalized spacial score (nSPS) is 26.1. The fourth-order valence-corrected chi connectivity index (χ4v) is 12.0. The maximum absolute atomic E-state index is 14.2. The second-order valence-electron chi connectivity index (χ2n) is 13.2. The van der Waals surface area contributed by atoms with Crippen molar-refractivity contribution in [3.8, 4) is 11.5 Å². The molecule has 0 radical (unpaired) electrons. The number of aromatic nitrogens is 1. The highest BCUT2D eigenvalue weighted by Crippen LogP contribution is 2.69. The summed E-state index contributed by atoms with van der Waals surface area (Å²) in [6.07, 6.45) is 0.742. The van der Waals surface area contributed by atoms with E-state index in [0.717, 1.165) is 44.0 Å². The molecule has 0 spiro atoms. The summed E-state index contributed by atoms with van der Waals surface area (Å²) >= 11 is 9.40. The Kier molecular flexibility index (Phi) is 7.56. The monoisotopic (exact) mass is 723 g/mol. The number of halogens is 1. The van der Waals surface area contributed by atoms with E-state index in [1.165, 1.54) is 4.90 Å². The van der Waals surface area contributed by atoms with Crippen LogP contribution in [0.25, 0.3) is 10.8 Å². The fourth-order valence-electron chi connectivity index (χ4n) is 8.91. The molecule has 5 aromatic rings. The van der Waals surface area contributed by atoms with Crippen LogP contribution in [0.5, 0.6) is 11.5 Å². The van der Waals surface area contributed by atoms with Crippen LogP contribution < -0.4 is 24.6 Å². The van der Waals surface area contributed by atoms with Crippen LogP contribution >= 0.6 is 34.7 Å². The molecule has 2 saturated carbocycles. The van der Waals surface area contributed by atoms with Crippen LogP contribution in [0.3, 0.4) is 0 Å². The Morgan fingerprint density at radius 2 is 1.72 bits per heavy atom. The summed E-state index contributed by atoms with van der Waals surface area (Å²) in [5.41, 5.74) is 1.99. The van der Waals surface area contributed by atoms with Crippen LogP contribution in [0.15, 0.2) is 94.7 Å². The molecule has 2 aliphatic heterocycles. The molecule has 3 heterocycles. The van der Waals surface area contributed by atoms with Gasteiger partial charge in [0.1, 0.15) is 11.5 Å². The number of carbonyl (C=O) groups is 3. The van der Waals surface area contributed by atoms with Gasteiger partial charge in [-0.05, 0) is 78.1 Å². The minimum atomic E-state index is -0.466. The van der Waals surface area contributed by atoms with Gasteiger partial charge in [-0.25, -0.2) is 0 Å². The number of ether oxygens (including phenoxy) is 2. The first-order chi connectivity index (χ1) is 24.3. The largest absolute Gasteiger partial charge is 0.497 e. The maximum atomic E-state index is 14.2. The van der Waals surface area contributed by atoms with Crippen molar-refractivity contribution in [1.29, 1.82) is 0 Å². The number of thioether (sulfide) groups is 1. The molecule has 2 aliphatic carbocycles. The summed E-state index contributed by atoms with van der Waals surface area (Å²) in [7, 11) is 1.57. The molecule has 12 heteroatoms. The lowest BCUT2D eigenvalue weighted by molar-refractivity contribution is -0.123. The number of carbonyl (C=O) groups excluding carboxylic acids is 3. The van der Waals surface area contributed by atoms with Crippen LogP contribution in [-0.4, -0.2) is 41.7 Å². The molecule has 9 nitrogen and oxygen atoms in total. The molecule has 2 N–H and O–H groups in total. The predicted molar refractivity (Wildman–Crippen MR) is 194 cm³/mol. The van der Waals surface area contributed by atoms with Gasteiger partial charge >= 0.3 is 4.87 Å². The number of nitrogens with zero attached hydrogens (tertiary/aromatic N) is 1. The van der Waals surface area contributed by atoms with Crippen LogP contribution in [-0.2, 0) is 14.4 Å². The van der Waals surface area contributed by atoms with Crippen LogP contribution in [0, 0.1) is 29.6 Å². The summed E-state index contributed by atoms with van der Waals surface area (Å²) in [5, 5.41) is 6.18. The van der Waals surface area contributed by atoms with Crippen molar-refractivity contribution in [1.82, 2.24) is 4.98 Å². The molecule has 9 rings (SSSR count). The number of hydrogen-bond donors (Lipinski definition) is 2. The molecule has 7 atom stereocenters. The average molecular weight is 724 g/mol. The number of benzene rings is 4. The maximum Gasteiger partial charge on any atom is 0.305 e. The highest BCUT2D eigenvalue weighted by Gasteiger charge is 2.70. The number of imide groups is 1. The van der Waals surface area contributed by atoms with Crippen molar-refractivity contribution in [2.75, 3.05) is 23.9 Å². The van der Waals surface area contributed by atoms with Gasteiger partial charge in [-0.1, -0.05) is 59.3 Å². The molecule has 4 aromatic carbocycles. The zero-order chi connectivity index (χ0) is 34.3. The SMILES string of the molecule is COc1ccc(N2C(=O)C3C4CC(C3C2=O)C2C4Sc3[nH]c(=O)sc3[C@@H]2c2cc(Cl)ccc2OCC(=O)Nc2cccc3ccccc23)cc1. The standard InChI is InChI=1S/C38H30ClN3O6S2/c1-47-21-12-10-20(11-13-21)42-36(44)31-24-16-25(32(31)37(42)45)33-30(24)29(34-35(49-33)41-38(46)50-34)23-15-19(39)9-14-27(23)48-17-28(43)40-26-8-4-6-18-5-2-3-7-22(18)26/h2-15,24-25,29-33H,16-17H2,1H3,(H,40,43)(H,41,46)/t24?,25?,29-,30?,31?,32?,33?/m1/s1. The first-order valence-electron chi connectivity index (χ1n) is 16.4. The summed E-state index contributed by atoms with van der Waals surface area (Å²) in [4.78, 5) is 59.3. The Balaban J connectivity index is 1.04. The van der Waals surface area contributed by atoms with Gasteiger partial charge in [0.05, 0.1) is 29.7 Å². The lowest BCUT2D eigenvalue weighted by atomic mass is 9.68. The third-order valence-electron chi connectivity index (χ3n) is 10.8. The molecule has 1 aromatic heterocycles. The summed E-state index contributed by atoms with van der Waals surface area (Å²) in [6, 6.07) is 25.9. The summed E-state index contributed by atoms with van der Waals surface area (Å²) in [5.74, 6) is -0.970. The summed E-state index contributed by atoms with van der Waals surface area (Å²) < 4.78 is 11.5. The first-order valence-corrected chi connectivity index (χ1v) is 18.5. The molecule has 50 heavy (non-hydrogen) atoms. The molecule has 6 unspecified atom stereocenters. The number of anilines is 2. The average Bonchev–Trinajstić information content (AvgIpc) is 3.86. The Morgan fingerprint density at radius 1 is 0.960 bits per heavy atom. The molecule has 252 valence electrons. The minimum Gasteiger partial charge on any atom is -0.497 e. The number of aromatic amines is 1. The minimum absolute atomic E-state index is 0.0157. The van der Waals surface area contributed by atoms with Crippen LogP contribution in [0.4, 0.5) is 11.4 Å². The molecule has 1 saturated heterocycles. The lowest BCUT2D eigenvalue weighted by Crippen LogP contribution is -2.42. The second-order valence-corrected chi connectivity index (χ2v) is 15.9. The molecule has 2 bridgehead atoms. The van der Waals surface area contributed by atoms with Crippen molar-refractivity contribution >= 4 is 74.6 Å². The van der Waals surface area contributed by atoms with Gasteiger partial charge in [0, 0.05) is 37.7 Å². The summed E-state index contributed by atoms with van der Waals surface area (Å²) in [6.45, 7) is -0.246. The van der Waals surface area contributed by atoms with Crippen molar-refractivity contribution in [2.24, 2.45) is 29.6 Å². The van der Waals surface area contributed by atoms with E-state index in [4.69, 9.17) is 21.1 Å². The molecule has 3 fully saturated rings. The van der Waals surface area contributed by atoms with Gasteiger partial charge < -0.3 is 19.8 Å². The third-order valence-corrected chi connectivity index (χ3v) is 13.6. The van der Waals surface area contributed by atoms with Crippen molar-refractivity contribution < 1.29 is 23.9 Å². The van der Waals surface area contributed by atoms with Crippen LogP contribution in [0.1, 0.15) is 22.8 Å². The Morgan fingerprint density at radius 3 is 2.52 bits per heavy atom. The molecular formula is C38H30ClN3O6S2. The van der Waals surface area contributed by atoms with E-state index in [-0.39, 0.29) is 58.1 Å². The zero-order valence-electron chi connectivity index (χ0n) is 26.6. The highest BCUT2D eigenvalue weighted by molar-refractivity contribution is 8.00. The number of fused-ring (bicyclic) bond motifs is 10. The predicted octanol–water partition coefficient (Wildman–Crippen LogP) is 6.95. The van der Waals surface area contributed by atoms with Gasteiger partial charge in [-0.2, -0.15) is 0 Å². The van der Waals surface area contributed by atoms with Gasteiger partial charge in [-0.15, -0.1) is 11.8 Å². The topological polar surface area (TPSA) is 118 Å². The van der Waals surface area contributed by atoms with E-state index in [2.05, 4.69) is 10.3 Å². The number of hydrogen-bond acceptors (Lipinski definition) is 8. The Bertz CT molecular complexity index is 2270. The molecule has 4 aliphatic rings. The van der Waals surface area contributed by atoms with Gasteiger partial charge in [0.15, 0.2) is 6.61 Å². The molecule has 3 amide bonds. The lowest BCUT2D eigenvalue weighted by Gasteiger charge is -2.43. The quantitative estimate of drug-likeness (QED) is 0.175. The Labute approximate surface area is 299 Å². The van der Waals surface area contributed by atoms with E-state index >= 15 is 0 Å². The number of rotatable bonds is 7. The van der Waals surface area contributed by atoms with E-state index in [1.54, 1.807) is 55.3 Å². The van der Waals surface area contributed by atoms with Crippen molar-refractivity contribution in [3.05, 3.63) is 110 Å². The van der Waals surface area contributed by atoms with E-state index in [0.29, 0.717) is 27.9 Å². The van der Waals surface area contributed by atoms with E-state index in [1.807, 2.05) is 48.5 Å². The number of methoxy groups -OCH3 is 1. The number of thiazole rings is 1. The van der Waals surface area contributed by atoms with Crippen molar-refractivity contribution in [2.45, 2.75) is 22.6 Å². The second kappa shape index (κ2) is 12.0. The first kappa shape index (κ1) is 31.4. The smallest absolute Gasteiger partial charge is 0.305 e. The van der Waals surface area contributed by atoms with Crippen LogP contribution in [0.2, 0.25) is 5.02 Å². The molecular weight excluding hydrogens is 694 g/mol. The number of amides is 3. The zero-order valence-corrected chi connectivity index (χ0v) is 29.0. The fraction of sp³-hybridized carbons (Fsp3) is 0.263. The number of nitrogens with one attached hydrogen (secondary N) is 2. The van der Waals surface area contributed by atoms with Gasteiger partial charge in [0.25, 0.3) is 5.91 Å². The Hall–Kier alpha value is -4.58. The van der Waals surface area contributed by atoms with Gasteiger partial charge in [-0.3, -0.25) is 24.1 Å². The number of H-pyrrole nitrogens is 1.